The number of rotatable bonds is 5. The monoisotopic (exact) mass is 332 g/mol. The zero-order chi connectivity index (χ0) is 17.9. The Balaban J connectivity index is 2.27. The minimum absolute atomic E-state index is 0.166. The molecule has 1 aromatic carbocycles. The fourth-order valence-corrected chi connectivity index (χ4v) is 2.13. The van der Waals surface area contributed by atoms with E-state index in [1.165, 1.54) is 35.0 Å². The Hall–Kier alpha value is -3.23. The van der Waals surface area contributed by atoms with Crippen molar-refractivity contribution in [2.24, 2.45) is 0 Å². The van der Waals surface area contributed by atoms with Crippen molar-refractivity contribution < 1.29 is 9.72 Å². The molecule has 0 radical (unpaired) electrons. The van der Waals surface area contributed by atoms with Gasteiger partial charge in [-0.25, -0.2) is 4.79 Å². The fourth-order valence-electron chi connectivity index (χ4n) is 2.13. The lowest BCUT2D eigenvalue weighted by Crippen LogP contribution is -2.41. The van der Waals surface area contributed by atoms with Crippen molar-refractivity contribution in [3.8, 4) is 0 Å². The molecule has 1 heterocycles. The van der Waals surface area contributed by atoms with Gasteiger partial charge in [-0.2, -0.15) is 0 Å². The van der Waals surface area contributed by atoms with Crippen LogP contribution in [-0.2, 0) is 17.9 Å². The van der Waals surface area contributed by atoms with E-state index in [1.54, 1.807) is 13.8 Å². The third-order valence-electron chi connectivity index (χ3n) is 3.49. The molecule has 1 N–H and O–H groups in total. The first-order chi connectivity index (χ1) is 11.3. The van der Waals surface area contributed by atoms with Gasteiger partial charge in [0.2, 0.25) is 5.91 Å². The van der Waals surface area contributed by atoms with E-state index < -0.39 is 28.6 Å². The van der Waals surface area contributed by atoms with Gasteiger partial charge in [0.15, 0.2) is 0 Å². The van der Waals surface area contributed by atoms with Crippen LogP contribution in [-0.4, -0.2) is 20.0 Å². The second-order valence-corrected chi connectivity index (χ2v) is 5.11. The lowest BCUT2D eigenvalue weighted by atomic mass is 10.2. The van der Waals surface area contributed by atoms with E-state index in [0.717, 1.165) is 4.57 Å². The van der Waals surface area contributed by atoms with Crippen LogP contribution >= 0.6 is 0 Å². The second-order valence-electron chi connectivity index (χ2n) is 5.11. The Morgan fingerprint density at radius 3 is 2.62 bits per heavy atom. The van der Waals surface area contributed by atoms with Gasteiger partial charge in [0.25, 0.3) is 11.2 Å². The Kier molecular flexibility index (Phi) is 4.93. The number of benzene rings is 1. The first-order valence-electron chi connectivity index (χ1n) is 7.18. The van der Waals surface area contributed by atoms with E-state index in [1.807, 2.05) is 0 Å². The lowest BCUT2D eigenvalue weighted by molar-refractivity contribution is -0.384. The van der Waals surface area contributed by atoms with Crippen LogP contribution in [0.4, 0.5) is 11.4 Å². The molecule has 126 valence electrons. The Bertz CT molecular complexity index is 913. The molecule has 1 aromatic heterocycles. The van der Waals surface area contributed by atoms with Crippen LogP contribution in [0.5, 0.6) is 0 Å². The van der Waals surface area contributed by atoms with Gasteiger partial charge in [0.05, 0.1) is 10.6 Å². The zero-order valence-electron chi connectivity index (χ0n) is 13.2. The molecule has 0 bridgehead atoms. The van der Waals surface area contributed by atoms with Crippen molar-refractivity contribution in [2.75, 3.05) is 5.32 Å². The highest BCUT2D eigenvalue weighted by atomic mass is 16.6. The van der Waals surface area contributed by atoms with Gasteiger partial charge in [-0.1, -0.05) is 6.07 Å². The first-order valence-corrected chi connectivity index (χ1v) is 7.18. The number of amides is 1. The van der Waals surface area contributed by atoms with E-state index in [-0.39, 0.29) is 11.4 Å². The van der Waals surface area contributed by atoms with Gasteiger partial charge in [-0.05, 0) is 19.4 Å². The molecule has 24 heavy (non-hydrogen) atoms. The summed E-state index contributed by atoms with van der Waals surface area (Å²) < 4.78 is 2.11. The minimum Gasteiger partial charge on any atom is -0.324 e. The number of carbonyl (C=O) groups is 1. The summed E-state index contributed by atoms with van der Waals surface area (Å²) in [5.41, 5.74) is -0.457. The molecule has 0 saturated heterocycles. The molecular weight excluding hydrogens is 316 g/mol. The lowest BCUT2D eigenvalue weighted by Gasteiger charge is -2.10. The number of nitrogens with zero attached hydrogens (tertiary/aromatic N) is 3. The predicted molar refractivity (Wildman–Crippen MR) is 87.1 cm³/mol. The van der Waals surface area contributed by atoms with E-state index in [0.29, 0.717) is 12.1 Å². The van der Waals surface area contributed by atoms with Crippen LogP contribution in [0.3, 0.4) is 0 Å². The summed E-state index contributed by atoms with van der Waals surface area (Å²) in [6, 6.07) is 5.27. The number of nitro groups is 1. The topological polar surface area (TPSA) is 116 Å². The summed E-state index contributed by atoms with van der Waals surface area (Å²) >= 11 is 0. The van der Waals surface area contributed by atoms with Crippen LogP contribution < -0.4 is 16.6 Å². The van der Waals surface area contributed by atoms with Crippen molar-refractivity contribution >= 4 is 17.3 Å². The third-order valence-corrected chi connectivity index (χ3v) is 3.49. The maximum absolute atomic E-state index is 12.1. The van der Waals surface area contributed by atoms with Crippen LogP contribution in [0, 0.1) is 17.0 Å². The summed E-state index contributed by atoms with van der Waals surface area (Å²) in [4.78, 5) is 46.2. The number of nitro benzene ring substituents is 1. The SMILES string of the molecule is CCn1ccc(=O)n(CC(=O)Nc2cc([N+](=O)[O-])ccc2C)c1=O. The number of non-ortho nitro benzene ring substituents is 1. The maximum atomic E-state index is 12.1. The molecule has 0 aliphatic heterocycles. The van der Waals surface area contributed by atoms with Crippen molar-refractivity contribution in [2.45, 2.75) is 26.9 Å². The highest BCUT2D eigenvalue weighted by molar-refractivity contribution is 5.91. The zero-order valence-corrected chi connectivity index (χ0v) is 13.2. The molecule has 0 fully saturated rings. The number of anilines is 1. The van der Waals surface area contributed by atoms with E-state index >= 15 is 0 Å². The van der Waals surface area contributed by atoms with Crippen molar-refractivity contribution in [1.82, 2.24) is 9.13 Å². The first kappa shape index (κ1) is 17.1. The molecule has 0 atom stereocenters. The number of nitrogens with one attached hydrogen (secondary N) is 1. The van der Waals surface area contributed by atoms with Crippen LogP contribution in [0.25, 0.3) is 0 Å². The number of carbonyl (C=O) groups excluding carboxylic acids is 1. The molecular formula is C15H16N4O5. The summed E-state index contributed by atoms with van der Waals surface area (Å²) in [5.74, 6) is -0.619. The smallest absolute Gasteiger partial charge is 0.324 e. The highest BCUT2D eigenvalue weighted by Gasteiger charge is 2.13. The van der Waals surface area contributed by atoms with Crippen LogP contribution in [0.1, 0.15) is 12.5 Å². The summed E-state index contributed by atoms with van der Waals surface area (Å²) in [5, 5.41) is 13.3. The Morgan fingerprint density at radius 1 is 1.29 bits per heavy atom. The quantitative estimate of drug-likeness (QED) is 0.644. The summed E-state index contributed by atoms with van der Waals surface area (Å²) in [6.45, 7) is 3.31. The third kappa shape index (κ3) is 3.57. The molecule has 2 aromatic rings. The van der Waals surface area contributed by atoms with Gasteiger partial charge >= 0.3 is 5.69 Å². The van der Waals surface area contributed by atoms with Gasteiger partial charge in [-0.3, -0.25) is 24.3 Å². The van der Waals surface area contributed by atoms with Crippen LogP contribution in [0.2, 0.25) is 0 Å². The standard InChI is InChI=1S/C15H16N4O5/c1-3-17-7-6-14(21)18(15(17)22)9-13(20)16-12-8-11(19(23)24)5-4-10(12)2/h4-8H,3,9H2,1-2H3,(H,16,20). The number of aryl methyl sites for hydroxylation is 2. The largest absolute Gasteiger partial charge is 0.331 e. The Labute approximate surface area is 136 Å². The molecule has 9 heteroatoms. The van der Waals surface area contributed by atoms with Gasteiger partial charge in [0, 0.05) is 30.9 Å². The van der Waals surface area contributed by atoms with E-state index in [4.69, 9.17) is 0 Å². The average Bonchev–Trinajstić information content (AvgIpc) is 2.53. The molecule has 9 nitrogen and oxygen atoms in total. The van der Waals surface area contributed by atoms with Crippen molar-refractivity contribution in [3.05, 3.63) is 67.0 Å². The molecule has 2 rings (SSSR count). The number of hydrogen-bond acceptors (Lipinski definition) is 5. The predicted octanol–water partition coefficient (Wildman–Crippen LogP) is 0.885. The fraction of sp³-hybridized carbons (Fsp3) is 0.267. The van der Waals surface area contributed by atoms with Gasteiger partial charge < -0.3 is 9.88 Å². The highest BCUT2D eigenvalue weighted by Crippen LogP contribution is 2.21. The molecule has 1 amide bonds. The van der Waals surface area contributed by atoms with Crippen molar-refractivity contribution in [3.63, 3.8) is 0 Å². The molecule has 0 spiro atoms. The Morgan fingerprint density at radius 2 is 2.00 bits per heavy atom. The second kappa shape index (κ2) is 6.90. The van der Waals surface area contributed by atoms with Crippen LogP contribution in [0.15, 0.2) is 40.1 Å². The number of aromatic nitrogens is 2. The van der Waals surface area contributed by atoms with E-state index in [9.17, 15) is 24.5 Å². The average molecular weight is 332 g/mol. The van der Waals surface area contributed by atoms with Gasteiger partial charge in [-0.15, -0.1) is 0 Å². The van der Waals surface area contributed by atoms with Gasteiger partial charge in [0.1, 0.15) is 6.54 Å². The van der Waals surface area contributed by atoms with E-state index in [2.05, 4.69) is 5.32 Å². The number of hydrogen-bond donors (Lipinski definition) is 1. The molecule has 0 unspecified atom stereocenters. The summed E-state index contributed by atoms with van der Waals surface area (Å²) in [7, 11) is 0. The maximum Gasteiger partial charge on any atom is 0.331 e. The molecule has 0 saturated carbocycles. The summed E-state index contributed by atoms with van der Waals surface area (Å²) in [6.07, 6.45) is 1.36. The minimum atomic E-state index is -0.619. The van der Waals surface area contributed by atoms with Crippen molar-refractivity contribution in [1.29, 1.82) is 0 Å². The molecule has 0 aliphatic carbocycles. The normalized spacial score (nSPS) is 10.4. The molecule has 0 aliphatic rings.